The SMILES string of the molecule is O=C1CN(C(=O)c2c(Cl)c(Cl)c(Cl)c(Cl)c2Cl)[C@@H](c2ccccc2)c2cc(Cl)ccc2N1. The second kappa shape index (κ2) is 9.30. The number of halogens is 6. The Morgan fingerprint density at radius 3 is 2.06 bits per heavy atom. The van der Waals surface area contributed by atoms with Crippen LogP contribution in [-0.4, -0.2) is 23.3 Å². The van der Waals surface area contributed by atoms with E-state index in [1.807, 2.05) is 30.3 Å². The molecule has 0 bridgehead atoms. The summed E-state index contributed by atoms with van der Waals surface area (Å²) in [4.78, 5) is 27.9. The second-order valence-electron chi connectivity index (χ2n) is 6.97. The maximum absolute atomic E-state index is 13.8. The lowest BCUT2D eigenvalue weighted by Gasteiger charge is -2.31. The number of anilines is 1. The maximum atomic E-state index is 13.8. The fourth-order valence-corrected chi connectivity index (χ4v) is 5.08. The van der Waals surface area contributed by atoms with Crippen LogP contribution in [0.15, 0.2) is 48.5 Å². The third kappa shape index (κ3) is 4.16. The number of hydrogen-bond donors (Lipinski definition) is 1. The highest BCUT2D eigenvalue weighted by molar-refractivity contribution is 6.56. The van der Waals surface area contributed by atoms with Crippen molar-refractivity contribution in [3.8, 4) is 0 Å². The Hall–Kier alpha value is -1.66. The van der Waals surface area contributed by atoms with Gasteiger partial charge in [-0.25, -0.2) is 0 Å². The van der Waals surface area contributed by atoms with E-state index in [2.05, 4.69) is 5.32 Å². The van der Waals surface area contributed by atoms with E-state index in [9.17, 15) is 9.59 Å². The van der Waals surface area contributed by atoms with E-state index in [4.69, 9.17) is 69.6 Å². The highest BCUT2D eigenvalue weighted by Crippen LogP contribution is 2.46. The van der Waals surface area contributed by atoms with Gasteiger partial charge in [0, 0.05) is 16.3 Å². The molecule has 1 atom stereocenters. The first kappa shape index (κ1) is 23.5. The molecule has 0 saturated heterocycles. The average molecular weight is 549 g/mol. The number of nitrogens with one attached hydrogen (secondary N) is 1. The maximum Gasteiger partial charge on any atom is 0.258 e. The summed E-state index contributed by atoms with van der Waals surface area (Å²) in [5, 5.41) is 2.68. The average Bonchev–Trinajstić information content (AvgIpc) is 2.92. The predicted molar refractivity (Wildman–Crippen MR) is 131 cm³/mol. The summed E-state index contributed by atoms with van der Waals surface area (Å²) < 4.78 is 0. The molecule has 164 valence electrons. The Morgan fingerprint density at radius 2 is 1.44 bits per heavy atom. The van der Waals surface area contributed by atoms with Crippen LogP contribution in [0.4, 0.5) is 5.69 Å². The van der Waals surface area contributed by atoms with Crippen molar-refractivity contribution in [1.29, 1.82) is 0 Å². The van der Waals surface area contributed by atoms with Gasteiger partial charge >= 0.3 is 0 Å². The monoisotopic (exact) mass is 546 g/mol. The third-order valence-electron chi connectivity index (χ3n) is 5.01. The van der Waals surface area contributed by atoms with Crippen LogP contribution in [0, 0.1) is 0 Å². The zero-order valence-electron chi connectivity index (χ0n) is 15.9. The molecule has 3 aromatic rings. The Kier molecular flexibility index (Phi) is 6.83. The van der Waals surface area contributed by atoms with Gasteiger partial charge in [-0.05, 0) is 23.8 Å². The molecule has 3 aromatic carbocycles. The van der Waals surface area contributed by atoms with Crippen molar-refractivity contribution in [3.63, 3.8) is 0 Å². The largest absolute Gasteiger partial charge is 0.324 e. The normalized spacial score (nSPS) is 15.8. The quantitative estimate of drug-likeness (QED) is 0.262. The number of carbonyl (C=O) groups excluding carboxylic acids is 2. The number of rotatable bonds is 2. The zero-order valence-corrected chi connectivity index (χ0v) is 20.5. The van der Waals surface area contributed by atoms with Gasteiger partial charge in [0.05, 0.1) is 36.7 Å². The van der Waals surface area contributed by atoms with Crippen molar-refractivity contribution in [2.75, 3.05) is 11.9 Å². The van der Waals surface area contributed by atoms with Crippen LogP contribution in [0.5, 0.6) is 0 Å². The Bertz CT molecular complexity index is 1220. The van der Waals surface area contributed by atoms with Crippen molar-refractivity contribution in [2.24, 2.45) is 0 Å². The molecule has 0 aromatic heterocycles. The summed E-state index contributed by atoms with van der Waals surface area (Å²) in [6.45, 7) is -0.283. The second-order valence-corrected chi connectivity index (χ2v) is 9.30. The van der Waals surface area contributed by atoms with Crippen molar-refractivity contribution >= 4 is 87.1 Å². The molecule has 1 aliphatic heterocycles. The summed E-state index contributed by atoms with van der Waals surface area (Å²) in [5.74, 6) is -1.05. The van der Waals surface area contributed by atoms with Crippen LogP contribution in [0.1, 0.15) is 27.5 Å². The van der Waals surface area contributed by atoms with Gasteiger partial charge in [-0.3, -0.25) is 9.59 Å². The van der Waals surface area contributed by atoms with E-state index in [1.54, 1.807) is 18.2 Å². The minimum atomic E-state index is -0.684. The van der Waals surface area contributed by atoms with E-state index < -0.39 is 17.9 Å². The first-order valence-electron chi connectivity index (χ1n) is 9.17. The third-order valence-corrected chi connectivity index (χ3v) is 7.52. The molecule has 32 heavy (non-hydrogen) atoms. The minimum absolute atomic E-state index is 0.0646. The number of amides is 2. The molecule has 0 saturated carbocycles. The van der Waals surface area contributed by atoms with Gasteiger partial charge in [-0.2, -0.15) is 0 Å². The summed E-state index contributed by atoms with van der Waals surface area (Å²) in [6, 6.07) is 13.6. The van der Waals surface area contributed by atoms with Crippen LogP contribution >= 0.6 is 69.6 Å². The van der Waals surface area contributed by atoms with Gasteiger partial charge in [0.15, 0.2) is 0 Å². The molecule has 1 heterocycles. The lowest BCUT2D eigenvalue weighted by Crippen LogP contribution is -2.39. The molecule has 2 amide bonds. The highest BCUT2D eigenvalue weighted by Gasteiger charge is 2.37. The van der Waals surface area contributed by atoms with Gasteiger partial charge < -0.3 is 10.2 Å². The predicted octanol–water partition coefficient (Wildman–Crippen LogP) is 7.79. The van der Waals surface area contributed by atoms with E-state index in [0.29, 0.717) is 16.3 Å². The van der Waals surface area contributed by atoms with Gasteiger partial charge in [0.25, 0.3) is 5.91 Å². The summed E-state index contributed by atoms with van der Waals surface area (Å²) in [7, 11) is 0. The molecule has 0 fully saturated rings. The number of fused-ring (bicyclic) bond motifs is 1. The minimum Gasteiger partial charge on any atom is -0.324 e. The van der Waals surface area contributed by atoms with Gasteiger partial charge in [-0.1, -0.05) is 99.9 Å². The van der Waals surface area contributed by atoms with Crippen molar-refractivity contribution in [2.45, 2.75) is 6.04 Å². The molecule has 1 N–H and O–H groups in total. The lowest BCUT2D eigenvalue weighted by molar-refractivity contribution is -0.117. The lowest BCUT2D eigenvalue weighted by atomic mass is 9.95. The van der Waals surface area contributed by atoms with Crippen LogP contribution in [0.2, 0.25) is 30.1 Å². The van der Waals surface area contributed by atoms with Gasteiger partial charge in [-0.15, -0.1) is 0 Å². The van der Waals surface area contributed by atoms with Gasteiger partial charge in [0.1, 0.15) is 6.54 Å². The number of carbonyl (C=O) groups is 2. The zero-order chi connectivity index (χ0) is 23.2. The molecule has 4 nitrogen and oxygen atoms in total. The van der Waals surface area contributed by atoms with Crippen LogP contribution < -0.4 is 5.32 Å². The molecule has 4 rings (SSSR count). The Morgan fingerprint density at radius 1 is 0.844 bits per heavy atom. The first-order chi connectivity index (χ1) is 15.2. The molecule has 1 aliphatic rings. The molecule has 0 aliphatic carbocycles. The van der Waals surface area contributed by atoms with Crippen molar-refractivity contribution in [1.82, 2.24) is 4.90 Å². The van der Waals surface area contributed by atoms with Crippen LogP contribution in [-0.2, 0) is 4.79 Å². The van der Waals surface area contributed by atoms with Crippen molar-refractivity contribution < 1.29 is 9.59 Å². The van der Waals surface area contributed by atoms with E-state index in [-0.39, 0.29) is 37.2 Å². The van der Waals surface area contributed by atoms with Crippen LogP contribution in [0.25, 0.3) is 0 Å². The molecule has 0 unspecified atom stereocenters. The number of hydrogen-bond acceptors (Lipinski definition) is 2. The van der Waals surface area contributed by atoms with Gasteiger partial charge in [0.2, 0.25) is 5.91 Å². The smallest absolute Gasteiger partial charge is 0.258 e. The first-order valence-corrected chi connectivity index (χ1v) is 11.4. The highest BCUT2D eigenvalue weighted by atomic mass is 35.5. The molecule has 0 radical (unpaired) electrons. The summed E-state index contributed by atoms with van der Waals surface area (Å²) in [6.07, 6.45) is 0. The fraction of sp³-hybridized carbons (Fsp3) is 0.0909. The fourth-order valence-electron chi connectivity index (χ4n) is 3.60. The Labute approximate surface area is 213 Å². The summed E-state index contributed by atoms with van der Waals surface area (Å²) in [5.41, 5.74) is 1.76. The summed E-state index contributed by atoms with van der Waals surface area (Å²) >= 11 is 37.4. The van der Waals surface area contributed by atoms with E-state index >= 15 is 0 Å². The van der Waals surface area contributed by atoms with E-state index in [0.717, 1.165) is 5.56 Å². The Balaban J connectivity index is 1.96. The topological polar surface area (TPSA) is 49.4 Å². The van der Waals surface area contributed by atoms with Crippen molar-refractivity contribution in [3.05, 3.63) is 95.4 Å². The standard InChI is InChI=1S/C22H12Cl6N2O2/c23-11-6-7-13-12(8-11)21(10-4-2-1-3-5-10)30(9-14(31)29-13)22(32)15-16(24)18(26)20(28)19(27)17(15)25/h1-8,21H,9H2,(H,29,31)/t21-/m0/s1. The molecule has 0 spiro atoms. The molecule has 10 heteroatoms. The molecular weight excluding hydrogens is 537 g/mol. The van der Waals surface area contributed by atoms with E-state index in [1.165, 1.54) is 4.90 Å². The molecular formula is C22H12Cl6N2O2. The number of nitrogens with zero attached hydrogens (tertiary/aromatic N) is 1. The van der Waals surface area contributed by atoms with Crippen LogP contribution in [0.3, 0.4) is 0 Å². The number of benzene rings is 3.